The second-order valence-corrected chi connectivity index (χ2v) is 6.01. The molecule has 128 valence electrons. The number of nitrogens with zero attached hydrogens (tertiary/aromatic N) is 4. The smallest absolute Gasteiger partial charge is 0.259 e. The molecule has 0 fully saturated rings. The number of carbonyl (C=O) groups excluding carboxylic acids is 1. The van der Waals surface area contributed by atoms with Gasteiger partial charge in [0, 0.05) is 50.1 Å². The Labute approximate surface area is 144 Å². The van der Waals surface area contributed by atoms with Gasteiger partial charge in [-0.15, -0.1) is 0 Å². The van der Waals surface area contributed by atoms with Crippen molar-refractivity contribution in [1.29, 1.82) is 0 Å². The van der Waals surface area contributed by atoms with Crippen molar-refractivity contribution in [1.82, 2.24) is 24.5 Å². The van der Waals surface area contributed by atoms with Crippen molar-refractivity contribution < 1.29 is 9.53 Å². The van der Waals surface area contributed by atoms with E-state index in [4.69, 9.17) is 4.74 Å². The van der Waals surface area contributed by atoms with E-state index >= 15 is 0 Å². The zero-order valence-corrected chi connectivity index (χ0v) is 14.0. The summed E-state index contributed by atoms with van der Waals surface area (Å²) in [6, 6.07) is 1.96. The maximum atomic E-state index is 12.8. The molecule has 1 amide bonds. The van der Waals surface area contributed by atoms with Gasteiger partial charge < -0.3 is 19.6 Å². The number of imidazole rings is 1. The summed E-state index contributed by atoms with van der Waals surface area (Å²) in [6.45, 7) is 2.42. The Balaban J connectivity index is 1.64. The molecule has 2 N–H and O–H groups in total. The Morgan fingerprint density at radius 3 is 3.16 bits per heavy atom. The van der Waals surface area contributed by atoms with Crippen LogP contribution < -0.4 is 5.32 Å². The lowest BCUT2D eigenvalue weighted by Gasteiger charge is -2.22. The monoisotopic (exact) mass is 338 g/mol. The predicted molar refractivity (Wildman–Crippen MR) is 91.1 cm³/mol. The molecule has 3 aromatic heterocycles. The van der Waals surface area contributed by atoms with Crippen LogP contribution in [0.25, 0.3) is 11.4 Å². The lowest BCUT2D eigenvalue weighted by molar-refractivity contribution is 0.102. The molecule has 0 saturated heterocycles. The molecule has 4 rings (SSSR count). The number of hydrogen-bond donors (Lipinski definition) is 2. The van der Waals surface area contributed by atoms with Gasteiger partial charge in [0.25, 0.3) is 5.91 Å². The van der Waals surface area contributed by atoms with Gasteiger partial charge >= 0.3 is 0 Å². The van der Waals surface area contributed by atoms with E-state index in [1.807, 2.05) is 6.20 Å². The maximum absolute atomic E-state index is 12.8. The third-order valence-corrected chi connectivity index (χ3v) is 4.29. The first kappa shape index (κ1) is 15.5. The number of ether oxygens (including phenoxy) is 1. The summed E-state index contributed by atoms with van der Waals surface area (Å²) in [6.07, 6.45) is 7.86. The highest BCUT2D eigenvalue weighted by atomic mass is 16.5. The Kier molecular flexibility index (Phi) is 3.81. The number of methoxy groups -OCH3 is 1. The lowest BCUT2D eigenvalue weighted by Crippen LogP contribution is -2.18. The summed E-state index contributed by atoms with van der Waals surface area (Å²) in [7, 11) is 1.57. The third kappa shape index (κ3) is 2.70. The minimum atomic E-state index is -0.233. The fourth-order valence-electron chi connectivity index (χ4n) is 3.17. The summed E-state index contributed by atoms with van der Waals surface area (Å²) >= 11 is 0. The lowest BCUT2D eigenvalue weighted by atomic mass is 10.0. The summed E-state index contributed by atoms with van der Waals surface area (Å²) in [5, 5.41) is 2.82. The summed E-state index contributed by atoms with van der Waals surface area (Å²) in [5.74, 6) is 1.53. The SMILES string of the molecule is COCc1nccc(NC(=O)c2c[nH]c3c2-c2nccn2[C@H](C)C3)n1. The molecule has 0 aliphatic carbocycles. The van der Waals surface area contributed by atoms with Crippen molar-refractivity contribution >= 4 is 11.7 Å². The minimum Gasteiger partial charge on any atom is -0.377 e. The van der Waals surface area contributed by atoms with Crippen molar-refractivity contribution in [3.05, 3.63) is 47.9 Å². The van der Waals surface area contributed by atoms with Crippen molar-refractivity contribution in [2.75, 3.05) is 12.4 Å². The molecule has 0 bridgehead atoms. The fraction of sp³-hybridized carbons (Fsp3) is 0.294. The van der Waals surface area contributed by atoms with Gasteiger partial charge in [0.2, 0.25) is 0 Å². The van der Waals surface area contributed by atoms with Gasteiger partial charge in [-0.05, 0) is 13.0 Å². The first-order valence-electron chi connectivity index (χ1n) is 8.03. The Morgan fingerprint density at radius 2 is 2.32 bits per heavy atom. The largest absolute Gasteiger partial charge is 0.377 e. The van der Waals surface area contributed by atoms with Crippen LogP contribution in [0.5, 0.6) is 0 Å². The van der Waals surface area contributed by atoms with Crippen LogP contribution in [0.15, 0.2) is 30.9 Å². The fourth-order valence-corrected chi connectivity index (χ4v) is 3.17. The Bertz CT molecular complexity index is 929. The van der Waals surface area contributed by atoms with Crippen LogP contribution in [0.3, 0.4) is 0 Å². The highest BCUT2D eigenvalue weighted by Gasteiger charge is 2.28. The number of aromatic amines is 1. The average Bonchev–Trinajstić information content (AvgIpc) is 3.22. The molecule has 0 radical (unpaired) electrons. The topological polar surface area (TPSA) is 97.7 Å². The quantitative estimate of drug-likeness (QED) is 0.760. The Morgan fingerprint density at radius 1 is 1.44 bits per heavy atom. The molecule has 8 heteroatoms. The van der Waals surface area contributed by atoms with Crippen molar-refractivity contribution in [3.63, 3.8) is 0 Å². The van der Waals surface area contributed by atoms with Crippen LogP contribution in [0, 0.1) is 0 Å². The second-order valence-electron chi connectivity index (χ2n) is 6.01. The van der Waals surface area contributed by atoms with E-state index in [1.165, 1.54) is 0 Å². The molecule has 3 aromatic rings. The maximum Gasteiger partial charge on any atom is 0.259 e. The van der Waals surface area contributed by atoms with Crippen LogP contribution in [-0.4, -0.2) is 37.5 Å². The number of anilines is 1. The van der Waals surface area contributed by atoms with E-state index in [-0.39, 0.29) is 5.91 Å². The molecular formula is C17H18N6O2. The predicted octanol–water partition coefficient (Wildman–Crippen LogP) is 2.18. The number of rotatable bonds is 4. The summed E-state index contributed by atoms with van der Waals surface area (Å²) in [4.78, 5) is 28.8. The molecular weight excluding hydrogens is 320 g/mol. The number of H-pyrrole nitrogens is 1. The molecule has 0 aromatic carbocycles. The molecule has 0 unspecified atom stereocenters. The van der Waals surface area contributed by atoms with Crippen LogP contribution in [0.4, 0.5) is 5.82 Å². The third-order valence-electron chi connectivity index (χ3n) is 4.29. The van der Waals surface area contributed by atoms with Gasteiger partial charge in [0.15, 0.2) is 5.82 Å². The van der Waals surface area contributed by atoms with Crippen molar-refractivity contribution in [3.8, 4) is 11.4 Å². The molecule has 25 heavy (non-hydrogen) atoms. The summed E-state index contributed by atoms with van der Waals surface area (Å²) in [5.41, 5.74) is 2.44. The highest BCUT2D eigenvalue weighted by molar-refractivity contribution is 6.08. The minimum absolute atomic E-state index is 0.233. The Hall–Kier alpha value is -3.00. The van der Waals surface area contributed by atoms with Crippen LogP contribution in [0.2, 0.25) is 0 Å². The first-order valence-corrected chi connectivity index (χ1v) is 8.03. The molecule has 1 aliphatic heterocycles. The van der Waals surface area contributed by atoms with Crippen molar-refractivity contribution in [2.24, 2.45) is 0 Å². The zero-order valence-electron chi connectivity index (χ0n) is 14.0. The number of hydrogen-bond acceptors (Lipinski definition) is 5. The number of amides is 1. The van der Waals surface area contributed by atoms with Gasteiger partial charge in [-0.1, -0.05) is 0 Å². The van der Waals surface area contributed by atoms with Gasteiger partial charge in [0.1, 0.15) is 18.2 Å². The van der Waals surface area contributed by atoms with E-state index in [9.17, 15) is 4.79 Å². The molecule has 0 spiro atoms. The molecule has 1 aliphatic rings. The van der Waals surface area contributed by atoms with E-state index < -0.39 is 0 Å². The average molecular weight is 338 g/mol. The van der Waals surface area contributed by atoms with E-state index in [0.29, 0.717) is 29.9 Å². The van der Waals surface area contributed by atoms with E-state index in [1.54, 1.807) is 31.8 Å². The number of aromatic nitrogens is 5. The van der Waals surface area contributed by atoms with Gasteiger partial charge in [-0.2, -0.15) is 0 Å². The molecule has 1 atom stereocenters. The first-order chi connectivity index (χ1) is 12.2. The number of nitrogens with one attached hydrogen (secondary N) is 2. The van der Waals surface area contributed by atoms with E-state index in [0.717, 1.165) is 23.5 Å². The molecule has 4 heterocycles. The molecule has 8 nitrogen and oxygen atoms in total. The van der Waals surface area contributed by atoms with Gasteiger partial charge in [-0.25, -0.2) is 15.0 Å². The van der Waals surface area contributed by atoms with Crippen LogP contribution in [0.1, 0.15) is 34.8 Å². The van der Waals surface area contributed by atoms with E-state index in [2.05, 4.69) is 36.7 Å². The van der Waals surface area contributed by atoms with Crippen LogP contribution in [-0.2, 0) is 17.8 Å². The standard InChI is InChI=1S/C17H18N6O2/c1-10-7-12-15(16-19-5-6-23(10)16)11(8-20-12)17(24)22-13-3-4-18-14(21-13)9-25-2/h3-6,8,10,20H,7,9H2,1-2H3,(H,18,21,22,24)/t10-/m1/s1. The zero-order chi connectivity index (χ0) is 17.4. The van der Waals surface area contributed by atoms with Gasteiger partial charge in [-0.3, -0.25) is 4.79 Å². The molecule has 0 saturated carbocycles. The van der Waals surface area contributed by atoms with Gasteiger partial charge in [0.05, 0.1) is 11.1 Å². The second kappa shape index (κ2) is 6.14. The van der Waals surface area contributed by atoms with Crippen molar-refractivity contribution in [2.45, 2.75) is 26.0 Å². The van der Waals surface area contributed by atoms with Crippen LogP contribution >= 0.6 is 0 Å². The number of fused-ring (bicyclic) bond motifs is 3. The highest BCUT2D eigenvalue weighted by Crippen LogP contribution is 2.35. The summed E-state index contributed by atoms with van der Waals surface area (Å²) < 4.78 is 7.11. The normalized spacial score (nSPS) is 15.5. The number of carbonyl (C=O) groups is 1.